The summed E-state index contributed by atoms with van der Waals surface area (Å²) in [5.74, 6) is 0.374. The molecule has 22 heteroatoms. The third kappa shape index (κ3) is 19.2. The van der Waals surface area contributed by atoms with Crippen LogP contribution in [0.4, 0.5) is 10.5 Å². The highest BCUT2D eigenvalue weighted by molar-refractivity contribution is 7.94. The molecule has 1 aliphatic rings. The fourth-order valence-electron chi connectivity index (χ4n) is 5.58. The van der Waals surface area contributed by atoms with Crippen molar-refractivity contribution < 1.29 is 57.2 Å². The van der Waals surface area contributed by atoms with Crippen LogP contribution in [0.3, 0.4) is 0 Å². The van der Waals surface area contributed by atoms with Gasteiger partial charge in [-0.05, 0) is 66.6 Å². The molecule has 1 aromatic heterocycles. The number of hydroxylamine groups is 2. The van der Waals surface area contributed by atoms with E-state index in [0.717, 1.165) is 27.5 Å². The van der Waals surface area contributed by atoms with Gasteiger partial charge in [-0.2, -0.15) is 4.68 Å². The molecule has 0 fully saturated rings. The molecular formula is C43H62Cl2N5O13PS. The maximum absolute atomic E-state index is 12.1. The number of nitrogens with zero attached hydrogens (tertiary/aromatic N) is 3. The second kappa shape index (κ2) is 24.5. The lowest BCUT2D eigenvalue weighted by molar-refractivity contribution is -0.193. The molecule has 3 aromatic carbocycles. The fraction of sp³-hybridized carbons (Fsp3) is 0.488. The van der Waals surface area contributed by atoms with Gasteiger partial charge in [-0.15, -0.1) is 5.10 Å². The van der Waals surface area contributed by atoms with Gasteiger partial charge in [0.15, 0.2) is 0 Å². The Balaban J connectivity index is 0.000000354. The van der Waals surface area contributed by atoms with Crippen molar-refractivity contribution >= 4 is 59.4 Å². The van der Waals surface area contributed by atoms with Crippen molar-refractivity contribution in [3.8, 4) is 28.7 Å². The summed E-state index contributed by atoms with van der Waals surface area (Å²) in [5.41, 5.74) is 1.66. The topological polar surface area (TPSA) is 236 Å². The number of aromatic nitrogens is 2. The first kappa shape index (κ1) is 56.8. The van der Waals surface area contributed by atoms with Crippen molar-refractivity contribution in [2.45, 2.75) is 84.5 Å². The third-order valence-corrected chi connectivity index (χ3v) is 9.69. The van der Waals surface area contributed by atoms with Crippen LogP contribution in [-0.2, 0) is 40.7 Å². The van der Waals surface area contributed by atoms with E-state index in [-0.39, 0.29) is 28.0 Å². The summed E-state index contributed by atoms with van der Waals surface area (Å²) in [7, 11) is 0.906. The van der Waals surface area contributed by atoms with Gasteiger partial charge in [0.05, 0.1) is 60.5 Å². The highest BCUT2D eigenvalue weighted by Crippen LogP contribution is 2.46. The zero-order valence-electron chi connectivity index (χ0n) is 39.2. The van der Waals surface area contributed by atoms with Gasteiger partial charge in [-0.3, -0.25) is 14.9 Å². The number of urea groups is 1. The Labute approximate surface area is 393 Å². The Hall–Kier alpha value is -4.30. The molecule has 1 aliphatic heterocycles. The molecule has 65 heavy (non-hydrogen) atoms. The van der Waals surface area contributed by atoms with E-state index in [1.807, 2.05) is 65.1 Å². The van der Waals surface area contributed by atoms with Crippen molar-refractivity contribution in [2.24, 2.45) is 0 Å². The number of carbonyl (C=O) groups excluding carboxylic acids is 1. The van der Waals surface area contributed by atoms with Crippen LogP contribution in [-0.4, -0.2) is 102 Å². The molecule has 2 atom stereocenters. The zero-order chi connectivity index (χ0) is 49.7. The van der Waals surface area contributed by atoms with Gasteiger partial charge in [0.25, 0.3) is 0 Å². The number of carboxylic acids is 1. The van der Waals surface area contributed by atoms with E-state index in [4.69, 9.17) is 61.4 Å². The number of amides is 2. The van der Waals surface area contributed by atoms with Crippen molar-refractivity contribution in [2.75, 3.05) is 58.2 Å². The molecule has 18 nitrogen and oxygen atoms in total. The Bertz CT molecular complexity index is 2290. The van der Waals surface area contributed by atoms with E-state index in [0.29, 0.717) is 50.4 Å². The van der Waals surface area contributed by atoms with Gasteiger partial charge in [0.2, 0.25) is 11.7 Å². The minimum atomic E-state index is -4.35. The number of anilines is 1. The minimum Gasteiger partial charge on any atom is -0.778 e. The second-order valence-electron chi connectivity index (χ2n) is 17.0. The first-order valence-electron chi connectivity index (χ1n) is 19.9. The van der Waals surface area contributed by atoms with Gasteiger partial charge < -0.3 is 48.1 Å². The first-order chi connectivity index (χ1) is 29.9. The smallest absolute Gasteiger partial charge is 0.442 e. The van der Waals surface area contributed by atoms with E-state index in [9.17, 15) is 23.8 Å². The molecule has 2 unspecified atom stereocenters. The van der Waals surface area contributed by atoms with Gasteiger partial charge in [-0.1, -0.05) is 63.9 Å². The maximum atomic E-state index is 12.1. The molecule has 0 bridgehead atoms. The van der Waals surface area contributed by atoms with E-state index >= 15 is 0 Å². The normalized spacial score (nSPS) is 15.9. The van der Waals surface area contributed by atoms with Crippen molar-refractivity contribution in [1.29, 1.82) is 0 Å². The molecule has 0 spiro atoms. The quantitative estimate of drug-likeness (QED) is 0.0602. The van der Waals surface area contributed by atoms with Gasteiger partial charge >= 0.3 is 17.8 Å². The number of hydrogen-bond donors (Lipinski definition) is 4. The van der Waals surface area contributed by atoms with Crippen molar-refractivity contribution in [3.05, 3.63) is 86.6 Å². The molecule has 5 rings (SSSR count). The number of aliphatic carboxylic acids is 1. The molecule has 362 valence electrons. The number of rotatable bonds is 12. The summed E-state index contributed by atoms with van der Waals surface area (Å²) in [6.07, 6.45) is 6.57. The molecule has 0 saturated heterocycles. The molecule has 2 amide bonds. The van der Waals surface area contributed by atoms with Crippen LogP contribution in [0.25, 0.3) is 5.69 Å². The molecule has 0 radical (unpaired) electrons. The zero-order valence-corrected chi connectivity index (χ0v) is 42.5. The highest BCUT2D eigenvalue weighted by Gasteiger charge is 2.42. The summed E-state index contributed by atoms with van der Waals surface area (Å²) in [6, 6.07) is 15.7. The number of benzene rings is 3. The number of halogens is 2. The van der Waals surface area contributed by atoms with Crippen molar-refractivity contribution in [1.82, 2.24) is 20.2 Å². The Morgan fingerprint density at radius 2 is 1.62 bits per heavy atom. The summed E-state index contributed by atoms with van der Waals surface area (Å²) >= 11 is 12.3. The van der Waals surface area contributed by atoms with Crippen molar-refractivity contribution in [3.63, 3.8) is 0 Å². The number of methoxy groups -OCH3 is 1. The van der Waals surface area contributed by atoms with Gasteiger partial charge in [0.1, 0.15) is 30.6 Å². The van der Waals surface area contributed by atoms with E-state index in [2.05, 4.69) is 43.0 Å². The summed E-state index contributed by atoms with van der Waals surface area (Å²) in [5, 5.41) is 18.7. The fourth-order valence-corrected chi connectivity index (χ4v) is 6.48. The van der Waals surface area contributed by atoms with Gasteiger partial charge in [-0.25, -0.2) is 14.7 Å². The minimum absolute atomic E-state index is 0.0642. The van der Waals surface area contributed by atoms with Crippen LogP contribution in [0.15, 0.2) is 63.8 Å². The Morgan fingerprint density at radius 1 is 1.03 bits per heavy atom. The van der Waals surface area contributed by atoms with E-state index in [1.165, 1.54) is 20.2 Å². The number of nitrogens with one attached hydrogen (secondary N) is 2. The van der Waals surface area contributed by atoms with Crippen LogP contribution in [0.2, 0.25) is 10.0 Å². The predicted molar refractivity (Wildman–Crippen MR) is 252 cm³/mol. The lowest BCUT2D eigenvalue weighted by atomic mass is 9.76. The first-order valence-corrected chi connectivity index (χ1v) is 24.8. The second-order valence-corrected chi connectivity index (χ2v) is 21.8. The molecule has 4 N–H and O–H groups in total. The highest BCUT2D eigenvalue weighted by atomic mass is 35.5. The number of carbonyl (C=O) groups is 2. The number of hydrogen-bond acceptors (Lipinski definition) is 13. The SMILES string of the molecule is CC(C)Oc1cc(-n2nc(C(C)(C)C)oc2=O)c(Cl)cc1Cl.CON(C)C(=O)Nc1ccc(Oc2ccc3c(c2)OC(C)(OC)CC3(C)C)cc1.C[S+](C)C.O=C(O)CNCP(=O)([O-])O. The molecular weight excluding hydrogens is 928 g/mol. The number of ether oxygens (including phenoxy) is 4. The number of fused-ring (bicyclic) bond motifs is 1. The van der Waals surface area contributed by atoms with E-state index < -0.39 is 37.9 Å². The average molecular weight is 991 g/mol. The maximum Gasteiger partial charge on any atom is 0.442 e. The third-order valence-electron chi connectivity index (χ3n) is 8.47. The summed E-state index contributed by atoms with van der Waals surface area (Å²) in [6.45, 7) is 15.3. The predicted octanol–water partition coefficient (Wildman–Crippen LogP) is 7.80. The average Bonchev–Trinajstić information content (AvgIpc) is 3.57. The largest absolute Gasteiger partial charge is 0.778 e. The Kier molecular flexibility index (Phi) is 21.4. The van der Waals surface area contributed by atoms with Crippen LogP contribution in [0, 0.1) is 0 Å². The van der Waals surface area contributed by atoms with Crippen LogP contribution < -0.4 is 35.5 Å². The van der Waals surface area contributed by atoms with Crippen LogP contribution in [0.5, 0.6) is 23.0 Å². The molecule has 0 aliphatic carbocycles. The summed E-state index contributed by atoms with van der Waals surface area (Å²) in [4.78, 5) is 56.5. The lowest BCUT2D eigenvalue weighted by Crippen LogP contribution is -2.45. The molecule has 0 saturated carbocycles. The molecule has 4 aromatic rings. The Morgan fingerprint density at radius 3 is 2.11 bits per heavy atom. The van der Waals surface area contributed by atoms with Crippen LogP contribution in [0.1, 0.15) is 73.3 Å². The standard InChI is InChI=1S/C22H28N2O5.C15H18Cl2N2O3.C3H8NO5P.C3H9S/c1-21(2)14-22(3,26-5)29-19-13-17(11-12-18(19)21)28-16-9-7-15(8-10-16)23-20(25)24(4)27-6;1-8(2)21-12-7-11(9(16)6-10(12)17)19-14(20)22-13(18-19)15(3,4)5;5-3(6)1-4-2-10(7,8)9;1-4(2)3/h7-13H,14H2,1-6H3,(H,23,25);6-8H,1-5H3;4H,1-2H2,(H,5,6)(H2,7,8,9);1-3H3/q;;;+1/p-1. The number of carboxylic acid groups (broad SMARTS) is 1. The van der Waals surface area contributed by atoms with E-state index in [1.54, 1.807) is 37.4 Å². The summed E-state index contributed by atoms with van der Waals surface area (Å²) < 4.78 is 39.5. The van der Waals surface area contributed by atoms with Crippen LogP contribution >= 0.6 is 30.8 Å². The lowest BCUT2D eigenvalue weighted by Gasteiger charge is -2.43. The molecule has 2 heterocycles. The monoisotopic (exact) mass is 989 g/mol. The van der Waals surface area contributed by atoms with Gasteiger partial charge in [0, 0.05) is 56.3 Å².